The Morgan fingerprint density at radius 3 is 2.86 bits per heavy atom. The first-order chi connectivity index (χ1) is 6.72. The molecular formula is C11H18BrNS. The molecule has 0 fully saturated rings. The first kappa shape index (κ1) is 12.2. The van der Waals surface area contributed by atoms with Crippen molar-refractivity contribution in [1.29, 1.82) is 0 Å². The van der Waals surface area contributed by atoms with Gasteiger partial charge in [0.25, 0.3) is 0 Å². The summed E-state index contributed by atoms with van der Waals surface area (Å²) in [6, 6.07) is 4.34. The van der Waals surface area contributed by atoms with E-state index in [0.29, 0.717) is 0 Å². The van der Waals surface area contributed by atoms with Gasteiger partial charge in [0, 0.05) is 4.88 Å². The highest BCUT2D eigenvalue weighted by Gasteiger charge is 2.04. The second kappa shape index (κ2) is 6.59. The Morgan fingerprint density at radius 2 is 2.29 bits per heavy atom. The van der Waals surface area contributed by atoms with Crippen LogP contribution in [0.4, 0.5) is 0 Å². The van der Waals surface area contributed by atoms with E-state index >= 15 is 0 Å². The Balaban J connectivity index is 2.23. The van der Waals surface area contributed by atoms with Crippen molar-refractivity contribution >= 4 is 27.3 Å². The van der Waals surface area contributed by atoms with Crippen LogP contribution in [0.25, 0.3) is 0 Å². The molecule has 0 bridgehead atoms. The summed E-state index contributed by atoms with van der Waals surface area (Å²) in [5.74, 6) is 0.729. The smallest absolute Gasteiger partial charge is 0.0701 e. The Morgan fingerprint density at radius 1 is 1.50 bits per heavy atom. The molecule has 1 nitrogen and oxygen atoms in total. The van der Waals surface area contributed by atoms with E-state index in [1.807, 2.05) is 11.3 Å². The molecule has 0 aliphatic heterocycles. The molecule has 0 aliphatic rings. The van der Waals surface area contributed by atoms with Gasteiger partial charge in [0.05, 0.1) is 3.79 Å². The average Bonchev–Trinajstić information content (AvgIpc) is 2.52. The number of halogens is 1. The first-order valence-corrected chi connectivity index (χ1v) is 6.78. The summed E-state index contributed by atoms with van der Waals surface area (Å²) in [4.78, 5) is 1.47. The molecule has 0 spiro atoms. The molecule has 0 amide bonds. The van der Waals surface area contributed by atoms with Crippen LogP contribution in [-0.4, -0.2) is 13.1 Å². The van der Waals surface area contributed by atoms with E-state index in [1.165, 1.54) is 21.5 Å². The highest BCUT2D eigenvalue weighted by Crippen LogP contribution is 2.24. The Kier molecular flexibility index (Phi) is 5.75. The zero-order chi connectivity index (χ0) is 10.4. The van der Waals surface area contributed by atoms with E-state index < -0.39 is 0 Å². The van der Waals surface area contributed by atoms with Crippen molar-refractivity contribution in [1.82, 2.24) is 5.32 Å². The average molecular weight is 276 g/mol. The van der Waals surface area contributed by atoms with Crippen LogP contribution in [0.2, 0.25) is 0 Å². The summed E-state index contributed by atoms with van der Waals surface area (Å²) in [6.45, 7) is 6.77. The lowest BCUT2D eigenvalue weighted by atomic mass is 10.1. The first-order valence-electron chi connectivity index (χ1n) is 5.17. The van der Waals surface area contributed by atoms with Crippen molar-refractivity contribution in [2.45, 2.75) is 26.7 Å². The summed E-state index contributed by atoms with van der Waals surface area (Å²) in [7, 11) is 0. The summed E-state index contributed by atoms with van der Waals surface area (Å²) in [6.07, 6.45) is 2.41. The lowest BCUT2D eigenvalue weighted by Gasteiger charge is -2.10. The number of thiophene rings is 1. The molecule has 1 unspecified atom stereocenters. The molecule has 80 valence electrons. The maximum absolute atomic E-state index is 3.49. The Labute approximate surface area is 99.0 Å². The fourth-order valence-corrected chi connectivity index (χ4v) is 3.05. The van der Waals surface area contributed by atoms with Gasteiger partial charge in [-0.3, -0.25) is 0 Å². The van der Waals surface area contributed by atoms with Gasteiger partial charge in [-0.05, 0) is 59.9 Å². The van der Waals surface area contributed by atoms with E-state index in [2.05, 4.69) is 47.2 Å². The van der Waals surface area contributed by atoms with Crippen LogP contribution >= 0.6 is 27.3 Å². The van der Waals surface area contributed by atoms with Crippen molar-refractivity contribution in [2.75, 3.05) is 13.1 Å². The van der Waals surface area contributed by atoms with Gasteiger partial charge in [0.2, 0.25) is 0 Å². The lowest BCUT2D eigenvalue weighted by molar-refractivity contribution is 0.513. The zero-order valence-corrected chi connectivity index (χ0v) is 11.2. The molecular weight excluding hydrogens is 258 g/mol. The van der Waals surface area contributed by atoms with Gasteiger partial charge in [-0.2, -0.15) is 0 Å². The normalized spacial score (nSPS) is 13.1. The third-order valence-electron chi connectivity index (χ3n) is 2.10. The number of nitrogens with one attached hydrogen (secondary N) is 1. The molecule has 0 aliphatic carbocycles. The third-order valence-corrected chi connectivity index (χ3v) is 3.74. The molecule has 1 aromatic heterocycles. The number of rotatable bonds is 6. The molecule has 1 rings (SSSR count). The van der Waals surface area contributed by atoms with Gasteiger partial charge in [-0.1, -0.05) is 13.8 Å². The van der Waals surface area contributed by atoms with Crippen LogP contribution in [0.15, 0.2) is 15.9 Å². The maximum atomic E-state index is 3.49. The predicted molar refractivity (Wildman–Crippen MR) is 68.0 cm³/mol. The molecule has 0 saturated heterocycles. The Bertz CT molecular complexity index is 260. The van der Waals surface area contributed by atoms with Crippen LogP contribution in [0.5, 0.6) is 0 Å². The molecule has 14 heavy (non-hydrogen) atoms. The van der Waals surface area contributed by atoms with Crippen molar-refractivity contribution < 1.29 is 0 Å². The largest absolute Gasteiger partial charge is 0.316 e. The third kappa shape index (κ3) is 4.58. The highest BCUT2D eigenvalue weighted by atomic mass is 79.9. The molecule has 1 heterocycles. The quantitative estimate of drug-likeness (QED) is 0.781. The topological polar surface area (TPSA) is 12.0 Å². The second-order valence-corrected chi connectivity index (χ2v) is 6.27. The van der Waals surface area contributed by atoms with E-state index in [9.17, 15) is 0 Å². The van der Waals surface area contributed by atoms with Crippen LogP contribution in [-0.2, 0) is 6.42 Å². The van der Waals surface area contributed by atoms with Crippen molar-refractivity contribution in [3.8, 4) is 0 Å². The van der Waals surface area contributed by atoms with Crippen LogP contribution < -0.4 is 5.32 Å². The molecule has 1 N–H and O–H groups in total. The van der Waals surface area contributed by atoms with Gasteiger partial charge in [-0.25, -0.2) is 0 Å². The summed E-state index contributed by atoms with van der Waals surface area (Å²) in [5, 5.41) is 3.45. The van der Waals surface area contributed by atoms with Crippen molar-refractivity contribution in [2.24, 2.45) is 5.92 Å². The van der Waals surface area contributed by atoms with E-state index in [1.54, 1.807) is 0 Å². The minimum atomic E-state index is 0.729. The molecule has 1 atom stereocenters. The fraction of sp³-hybridized carbons (Fsp3) is 0.636. The summed E-state index contributed by atoms with van der Waals surface area (Å²) >= 11 is 5.33. The van der Waals surface area contributed by atoms with Gasteiger partial charge >= 0.3 is 0 Å². The molecule has 3 heteroatoms. The molecule has 0 saturated carbocycles. The van der Waals surface area contributed by atoms with Crippen LogP contribution in [0.1, 0.15) is 25.1 Å². The number of hydrogen-bond acceptors (Lipinski definition) is 2. The van der Waals surface area contributed by atoms with E-state index in [-0.39, 0.29) is 0 Å². The predicted octanol–water partition coefficient (Wildman–Crippen LogP) is 3.69. The molecule has 0 radical (unpaired) electrons. The molecule has 1 aromatic rings. The number of hydrogen-bond donors (Lipinski definition) is 1. The van der Waals surface area contributed by atoms with Crippen molar-refractivity contribution in [3.05, 3.63) is 20.8 Å². The van der Waals surface area contributed by atoms with Gasteiger partial charge < -0.3 is 5.32 Å². The zero-order valence-electron chi connectivity index (χ0n) is 8.85. The van der Waals surface area contributed by atoms with Crippen LogP contribution in [0.3, 0.4) is 0 Å². The van der Waals surface area contributed by atoms with Crippen molar-refractivity contribution in [3.63, 3.8) is 0 Å². The van der Waals surface area contributed by atoms with Gasteiger partial charge in [0.1, 0.15) is 0 Å². The minimum absolute atomic E-state index is 0.729. The van der Waals surface area contributed by atoms with E-state index in [4.69, 9.17) is 0 Å². The second-order valence-electron chi connectivity index (χ2n) is 3.72. The SMILES string of the molecule is CCCNCC(C)Cc1ccc(Br)s1. The standard InChI is InChI=1S/C11H18BrNS/c1-3-6-13-8-9(2)7-10-4-5-11(12)14-10/h4-5,9,13H,3,6-8H2,1-2H3. The lowest BCUT2D eigenvalue weighted by Crippen LogP contribution is -2.22. The van der Waals surface area contributed by atoms with E-state index in [0.717, 1.165) is 19.0 Å². The minimum Gasteiger partial charge on any atom is -0.316 e. The van der Waals surface area contributed by atoms with Crippen LogP contribution in [0, 0.1) is 5.92 Å². The molecule has 0 aromatic carbocycles. The maximum Gasteiger partial charge on any atom is 0.0701 e. The van der Waals surface area contributed by atoms with Gasteiger partial charge in [-0.15, -0.1) is 11.3 Å². The summed E-state index contributed by atoms with van der Waals surface area (Å²) < 4.78 is 1.24. The Hall–Kier alpha value is 0.140. The highest BCUT2D eigenvalue weighted by molar-refractivity contribution is 9.11. The summed E-state index contributed by atoms with van der Waals surface area (Å²) in [5.41, 5.74) is 0. The monoisotopic (exact) mass is 275 g/mol. The van der Waals surface area contributed by atoms with Gasteiger partial charge in [0.15, 0.2) is 0 Å². The fourth-order valence-electron chi connectivity index (χ4n) is 1.40.